The molecule has 7 heteroatoms. The van der Waals surface area contributed by atoms with Crippen LogP contribution in [0.4, 0.5) is 4.79 Å². The van der Waals surface area contributed by atoms with E-state index in [-0.39, 0.29) is 12.0 Å². The lowest BCUT2D eigenvalue weighted by atomic mass is 9.88. The van der Waals surface area contributed by atoms with Crippen molar-refractivity contribution in [1.29, 1.82) is 0 Å². The molecule has 1 spiro atoms. The summed E-state index contributed by atoms with van der Waals surface area (Å²) < 4.78 is 7.26. The maximum Gasteiger partial charge on any atom is 0.411 e. The van der Waals surface area contributed by atoms with Crippen LogP contribution in [0.15, 0.2) is 0 Å². The third-order valence-electron chi connectivity index (χ3n) is 3.53. The van der Waals surface area contributed by atoms with E-state index in [0.717, 1.165) is 12.8 Å². The molecule has 0 aromatic rings. The van der Waals surface area contributed by atoms with Crippen molar-refractivity contribution in [2.24, 2.45) is 0 Å². The Bertz CT molecular complexity index is 408. The van der Waals surface area contributed by atoms with Crippen LogP contribution in [0.1, 0.15) is 33.6 Å². The van der Waals surface area contributed by atoms with E-state index in [1.165, 1.54) is 0 Å². The van der Waals surface area contributed by atoms with Crippen LogP contribution >= 0.6 is 16.7 Å². The Hall–Kier alpha value is -0.400. The fourth-order valence-corrected chi connectivity index (χ4v) is 4.13. The summed E-state index contributed by atoms with van der Waals surface area (Å²) in [7, 11) is 2.18. The Morgan fingerprint density at radius 1 is 1.47 bits per heavy atom. The summed E-state index contributed by atoms with van der Waals surface area (Å²) in [5.74, 6) is 0.0828. The molecule has 0 bridgehead atoms. The van der Waals surface area contributed by atoms with Crippen molar-refractivity contribution in [3.8, 4) is 0 Å². The molecule has 0 aromatic heterocycles. The van der Waals surface area contributed by atoms with Gasteiger partial charge in [0.05, 0.1) is 6.54 Å². The van der Waals surface area contributed by atoms with Gasteiger partial charge in [0.15, 0.2) is 0 Å². The number of hydrogen-bond donors (Lipinski definition) is 0. The summed E-state index contributed by atoms with van der Waals surface area (Å²) in [6, 6.07) is 0. The van der Waals surface area contributed by atoms with Gasteiger partial charge in [0.1, 0.15) is 11.1 Å². The lowest BCUT2D eigenvalue weighted by Crippen LogP contribution is -2.71. The van der Waals surface area contributed by atoms with E-state index >= 15 is 0 Å². The zero-order valence-electron chi connectivity index (χ0n) is 12.0. The van der Waals surface area contributed by atoms with Crippen LogP contribution in [0.3, 0.4) is 0 Å². The molecule has 3 unspecified atom stereocenters. The van der Waals surface area contributed by atoms with Crippen molar-refractivity contribution in [2.75, 3.05) is 19.8 Å². The second-order valence-corrected chi connectivity index (χ2v) is 10.1. The standard InChI is InChI=1S/C12H22N2O3P2/c1-11(2,3)17-10(16)13-7-5-6-12(13)8-14(9(12)15)19(4)18/h5-8,18H2,1-4H3. The fourth-order valence-electron chi connectivity index (χ4n) is 2.64. The number of nitrogens with zero attached hydrogens (tertiary/aromatic N) is 2. The molecule has 0 aromatic carbocycles. The molecule has 2 fully saturated rings. The van der Waals surface area contributed by atoms with Crippen LogP contribution in [0.25, 0.3) is 0 Å². The molecule has 108 valence electrons. The largest absolute Gasteiger partial charge is 0.444 e. The van der Waals surface area contributed by atoms with Crippen LogP contribution in [0, 0.1) is 0 Å². The number of amides is 2. The number of rotatable bonds is 1. The van der Waals surface area contributed by atoms with Gasteiger partial charge in [-0.2, -0.15) is 0 Å². The SMILES string of the molecule is CP(P)N1CC2(CCCN2C(=O)OC(C)(C)C)C1=O. The summed E-state index contributed by atoms with van der Waals surface area (Å²) >= 11 is 0. The highest BCUT2D eigenvalue weighted by Gasteiger charge is 2.61. The van der Waals surface area contributed by atoms with Gasteiger partial charge in [0, 0.05) is 14.3 Å². The molecule has 2 aliphatic heterocycles. The van der Waals surface area contributed by atoms with E-state index < -0.39 is 18.9 Å². The maximum atomic E-state index is 12.4. The Morgan fingerprint density at radius 3 is 2.58 bits per heavy atom. The summed E-state index contributed by atoms with van der Waals surface area (Å²) in [4.78, 5) is 26.3. The first-order valence-electron chi connectivity index (χ1n) is 6.48. The first-order chi connectivity index (χ1) is 8.67. The van der Waals surface area contributed by atoms with Crippen LogP contribution < -0.4 is 0 Å². The van der Waals surface area contributed by atoms with E-state index in [2.05, 4.69) is 8.93 Å². The molecule has 3 atom stereocenters. The lowest BCUT2D eigenvalue weighted by molar-refractivity contribution is -0.151. The molecule has 5 nitrogen and oxygen atoms in total. The molecule has 0 N–H and O–H groups in total. The van der Waals surface area contributed by atoms with Gasteiger partial charge < -0.3 is 9.41 Å². The maximum absolute atomic E-state index is 12.4. The third kappa shape index (κ3) is 2.60. The van der Waals surface area contributed by atoms with Crippen molar-refractivity contribution in [2.45, 2.75) is 44.8 Å². The molecule has 2 amide bonds. The normalized spacial score (nSPS) is 28.6. The molecular formula is C12H22N2O3P2. The average Bonchev–Trinajstić information content (AvgIpc) is 2.69. The monoisotopic (exact) mass is 304 g/mol. The van der Waals surface area contributed by atoms with Crippen molar-refractivity contribution in [3.05, 3.63) is 0 Å². The van der Waals surface area contributed by atoms with Gasteiger partial charge in [0.2, 0.25) is 0 Å². The highest BCUT2D eigenvalue weighted by Crippen LogP contribution is 2.54. The predicted octanol–water partition coefficient (Wildman–Crippen LogP) is 2.42. The van der Waals surface area contributed by atoms with Gasteiger partial charge >= 0.3 is 6.09 Å². The molecule has 19 heavy (non-hydrogen) atoms. The molecule has 2 heterocycles. The average molecular weight is 304 g/mol. The molecule has 2 aliphatic rings. The van der Waals surface area contributed by atoms with Crippen LogP contribution in [0.2, 0.25) is 0 Å². The zero-order chi connectivity index (χ0) is 14.4. The molecular weight excluding hydrogens is 282 g/mol. The molecule has 0 saturated carbocycles. The molecule has 2 rings (SSSR count). The summed E-state index contributed by atoms with van der Waals surface area (Å²) in [6.07, 6.45) is 1.27. The minimum absolute atomic E-state index is 0.0828. The number of carbonyl (C=O) groups excluding carboxylic acids is 2. The topological polar surface area (TPSA) is 49.9 Å². The smallest absolute Gasteiger partial charge is 0.411 e. The Kier molecular flexibility index (Phi) is 3.83. The third-order valence-corrected chi connectivity index (χ3v) is 5.45. The predicted molar refractivity (Wildman–Crippen MR) is 79.2 cm³/mol. The summed E-state index contributed by atoms with van der Waals surface area (Å²) in [5.41, 5.74) is -1.14. The molecule has 0 radical (unpaired) electrons. The second kappa shape index (κ2) is 4.86. The summed E-state index contributed by atoms with van der Waals surface area (Å²) in [6.45, 7) is 8.82. The van der Waals surface area contributed by atoms with Gasteiger partial charge in [-0.1, -0.05) is 8.93 Å². The number of ether oxygens (including phenoxy) is 1. The molecule has 2 saturated heterocycles. The van der Waals surface area contributed by atoms with Crippen molar-refractivity contribution >= 4 is 28.7 Å². The Balaban J connectivity index is 2.11. The minimum atomic E-state index is -0.616. The van der Waals surface area contributed by atoms with Crippen molar-refractivity contribution in [1.82, 2.24) is 9.57 Å². The lowest BCUT2D eigenvalue weighted by Gasteiger charge is -2.52. The van der Waals surface area contributed by atoms with E-state index in [0.29, 0.717) is 13.1 Å². The number of β-lactam (4-membered cyclic amide) rings is 1. The van der Waals surface area contributed by atoms with Crippen molar-refractivity contribution < 1.29 is 14.3 Å². The quantitative estimate of drug-likeness (QED) is 0.552. The first kappa shape index (κ1) is 15.0. The van der Waals surface area contributed by atoms with E-state index in [9.17, 15) is 9.59 Å². The van der Waals surface area contributed by atoms with Crippen LogP contribution in [-0.4, -0.2) is 52.5 Å². The van der Waals surface area contributed by atoms with Crippen LogP contribution in [0.5, 0.6) is 0 Å². The van der Waals surface area contributed by atoms with E-state index in [4.69, 9.17) is 4.74 Å². The van der Waals surface area contributed by atoms with E-state index in [1.54, 1.807) is 4.90 Å². The van der Waals surface area contributed by atoms with Gasteiger partial charge in [-0.05, 0) is 40.3 Å². The number of hydrogen-bond acceptors (Lipinski definition) is 3. The second-order valence-electron chi connectivity index (χ2n) is 6.20. The van der Waals surface area contributed by atoms with Gasteiger partial charge in [-0.15, -0.1) is 0 Å². The van der Waals surface area contributed by atoms with Gasteiger partial charge in [-0.25, -0.2) is 4.79 Å². The number of carbonyl (C=O) groups is 2. The first-order valence-corrected chi connectivity index (χ1v) is 9.84. The van der Waals surface area contributed by atoms with Gasteiger partial charge in [0.25, 0.3) is 5.91 Å². The van der Waals surface area contributed by atoms with Crippen LogP contribution in [-0.2, 0) is 9.53 Å². The van der Waals surface area contributed by atoms with Gasteiger partial charge in [-0.3, -0.25) is 9.69 Å². The Labute approximate surface area is 117 Å². The molecule has 0 aliphatic carbocycles. The fraction of sp³-hybridized carbons (Fsp3) is 0.833. The Morgan fingerprint density at radius 2 is 2.11 bits per heavy atom. The number of likely N-dealkylation sites (tertiary alicyclic amines) is 1. The zero-order valence-corrected chi connectivity index (χ0v) is 14.0. The summed E-state index contributed by atoms with van der Waals surface area (Å²) in [5, 5.41) is 0. The highest BCUT2D eigenvalue weighted by molar-refractivity contribution is 8.12. The highest BCUT2D eigenvalue weighted by atomic mass is 32.0. The minimum Gasteiger partial charge on any atom is -0.444 e. The van der Waals surface area contributed by atoms with Crippen molar-refractivity contribution in [3.63, 3.8) is 0 Å². The van der Waals surface area contributed by atoms with E-state index in [1.807, 2.05) is 32.1 Å².